The average Bonchev–Trinajstić information content (AvgIpc) is 2.80. The number of benzene rings is 2. The maximum Gasteiger partial charge on any atom is 0.225 e. The molecule has 0 fully saturated rings. The molecule has 2 N–H and O–H groups in total. The molecule has 0 saturated carbocycles. The van der Waals surface area contributed by atoms with Gasteiger partial charge in [0.25, 0.3) is 0 Å². The van der Waals surface area contributed by atoms with Gasteiger partial charge in [-0.3, -0.25) is 4.98 Å². The smallest absolute Gasteiger partial charge is 0.225 e. The highest BCUT2D eigenvalue weighted by Gasteiger charge is 2.07. The van der Waals surface area contributed by atoms with E-state index < -0.39 is 0 Å². The zero-order valence-corrected chi connectivity index (χ0v) is 16.1. The molecule has 0 aliphatic rings. The third-order valence-electron chi connectivity index (χ3n) is 4.56. The predicted molar refractivity (Wildman–Crippen MR) is 118 cm³/mol. The van der Waals surface area contributed by atoms with E-state index in [-0.39, 0.29) is 0 Å². The summed E-state index contributed by atoms with van der Waals surface area (Å²) < 4.78 is 0. The van der Waals surface area contributed by atoms with Crippen LogP contribution in [-0.4, -0.2) is 21.5 Å². The van der Waals surface area contributed by atoms with Gasteiger partial charge in [-0.25, -0.2) is 4.98 Å². The lowest BCUT2D eigenvalue weighted by Crippen LogP contribution is -2.10. The van der Waals surface area contributed by atoms with Crippen molar-refractivity contribution in [1.82, 2.24) is 15.0 Å². The van der Waals surface area contributed by atoms with Gasteiger partial charge in [-0.2, -0.15) is 4.98 Å². The van der Waals surface area contributed by atoms with Gasteiger partial charge in [-0.15, -0.1) is 0 Å². The summed E-state index contributed by atoms with van der Waals surface area (Å²) in [4.78, 5) is 13.4. The first kappa shape index (κ1) is 18.6. The summed E-state index contributed by atoms with van der Waals surface area (Å²) in [5.74, 6) is 1.41. The first-order chi connectivity index (χ1) is 14.4. The maximum absolute atomic E-state index is 4.72. The molecule has 5 nitrogen and oxygen atoms in total. The Balaban J connectivity index is 1.51. The SMILES string of the molecule is c1ccc(CCNc2nc(NCc3ccncc3)cc(-c3ccccc3)n2)cc1. The Hall–Kier alpha value is -3.73. The van der Waals surface area contributed by atoms with Crippen molar-refractivity contribution in [3.63, 3.8) is 0 Å². The number of anilines is 2. The second kappa shape index (κ2) is 9.46. The number of aromatic nitrogens is 3. The Kier molecular flexibility index (Phi) is 6.08. The monoisotopic (exact) mass is 381 g/mol. The van der Waals surface area contributed by atoms with Crippen molar-refractivity contribution in [3.8, 4) is 11.3 Å². The highest BCUT2D eigenvalue weighted by Crippen LogP contribution is 2.21. The standard InChI is InChI=1S/C24H23N5/c1-3-7-19(8-4-1)13-16-26-24-28-22(21-9-5-2-6-10-21)17-23(29-24)27-18-20-11-14-25-15-12-20/h1-12,14-15,17H,13,16,18H2,(H2,26,27,28,29). The van der Waals surface area contributed by atoms with E-state index in [0.29, 0.717) is 12.5 Å². The molecule has 2 aromatic carbocycles. The minimum Gasteiger partial charge on any atom is -0.366 e. The van der Waals surface area contributed by atoms with Crippen LogP contribution in [-0.2, 0) is 13.0 Å². The molecule has 2 heterocycles. The van der Waals surface area contributed by atoms with Gasteiger partial charge in [0.05, 0.1) is 5.69 Å². The van der Waals surface area contributed by atoms with Crippen molar-refractivity contribution in [3.05, 3.63) is 102 Å². The van der Waals surface area contributed by atoms with Crippen LogP contribution in [0, 0.1) is 0 Å². The number of hydrogen-bond donors (Lipinski definition) is 2. The fourth-order valence-electron chi connectivity index (χ4n) is 3.03. The fourth-order valence-corrected chi connectivity index (χ4v) is 3.03. The quantitative estimate of drug-likeness (QED) is 0.459. The van der Waals surface area contributed by atoms with Gasteiger partial charge >= 0.3 is 0 Å². The van der Waals surface area contributed by atoms with Crippen LogP contribution in [0.5, 0.6) is 0 Å². The van der Waals surface area contributed by atoms with Crippen LogP contribution in [0.3, 0.4) is 0 Å². The van der Waals surface area contributed by atoms with Crippen molar-refractivity contribution in [2.45, 2.75) is 13.0 Å². The van der Waals surface area contributed by atoms with Gasteiger partial charge in [0.2, 0.25) is 5.95 Å². The molecule has 0 atom stereocenters. The molecule has 4 aromatic rings. The molecule has 0 aliphatic heterocycles. The minimum absolute atomic E-state index is 0.625. The lowest BCUT2D eigenvalue weighted by atomic mass is 10.1. The van der Waals surface area contributed by atoms with E-state index in [4.69, 9.17) is 4.98 Å². The molecule has 0 bridgehead atoms. The number of hydrogen-bond acceptors (Lipinski definition) is 5. The normalized spacial score (nSPS) is 10.5. The topological polar surface area (TPSA) is 62.7 Å². The molecule has 5 heteroatoms. The second-order valence-electron chi connectivity index (χ2n) is 6.70. The van der Waals surface area contributed by atoms with Crippen LogP contribution in [0.4, 0.5) is 11.8 Å². The third kappa shape index (κ3) is 5.39. The van der Waals surface area contributed by atoms with Crippen LogP contribution in [0.1, 0.15) is 11.1 Å². The molecule has 0 unspecified atom stereocenters. The second-order valence-corrected chi connectivity index (χ2v) is 6.70. The fraction of sp³-hybridized carbons (Fsp3) is 0.125. The molecule has 0 amide bonds. The van der Waals surface area contributed by atoms with Gasteiger partial charge in [0.15, 0.2) is 0 Å². The Bertz CT molecular complexity index is 1020. The molecule has 144 valence electrons. The van der Waals surface area contributed by atoms with E-state index in [0.717, 1.165) is 35.6 Å². The van der Waals surface area contributed by atoms with E-state index in [1.54, 1.807) is 12.4 Å². The van der Waals surface area contributed by atoms with Gasteiger partial charge in [0, 0.05) is 37.1 Å². The molecule has 4 rings (SSSR count). The van der Waals surface area contributed by atoms with Crippen LogP contribution in [0.2, 0.25) is 0 Å². The summed E-state index contributed by atoms with van der Waals surface area (Å²) in [6, 6.07) is 26.5. The van der Waals surface area contributed by atoms with Crippen molar-refractivity contribution in [2.75, 3.05) is 17.2 Å². The minimum atomic E-state index is 0.625. The van der Waals surface area contributed by atoms with Crippen LogP contribution in [0.25, 0.3) is 11.3 Å². The van der Waals surface area contributed by atoms with Crippen molar-refractivity contribution >= 4 is 11.8 Å². The Morgan fingerprint density at radius 2 is 1.41 bits per heavy atom. The van der Waals surface area contributed by atoms with E-state index in [1.807, 2.05) is 42.5 Å². The highest BCUT2D eigenvalue weighted by molar-refractivity contribution is 5.64. The van der Waals surface area contributed by atoms with Gasteiger partial charge in [0.1, 0.15) is 5.82 Å². The van der Waals surface area contributed by atoms with Gasteiger partial charge < -0.3 is 10.6 Å². The Labute approximate surface area is 170 Å². The molecule has 0 spiro atoms. The maximum atomic E-state index is 4.72. The molecule has 0 radical (unpaired) electrons. The van der Waals surface area contributed by atoms with Gasteiger partial charge in [-0.1, -0.05) is 60.7 Å². The van der Waals surface area contributed by atoms with Crippen molar-refractivity contribution in [1.29, 1.82) is 0 Å². The molecular weight excluding hydrogens is 358 g/mol. The Morgan fingerprint density at radius 3 is 2.17 bits per heavy atom. The van der Waals surface area contributed by atoms with Crippen LogP contribution < -0.4 is 10.6 Å². The predicted octanol–water partition coefficient (Wildman–Crippen LogP) is 4.81. The zero-order valence-electron chi connectivity index (χ0n) is 16.1. The summed E-state index contributed by atoms with van der Waals surface area (Å²) in [6.45, 7) is 1.45. The number of nitrogens with zero attached hydrogens (tertiary/aromatic N) is 3. The Morgan fingerprint density at radius 1 is 0.690 bits per heavy atom. The molecular formula is C24H23N5. The van der Waals surface area contributed by atoms with Crippen molar-refractivity contribution in [2.24, 2.45) is 0 Å². The van der Waals surface area contributed by atoms with Gasteiger partial charge in [-0.05, 0) is 29.7 Å². The number of rotatable bonds is 8. The van der Waals surface area contributed by atoms with E-state index >= 15 is 0 Å². The van der Waals surface area contributed by atoms with E-state index in [1.165, 1.54) is 5.56 Å². The summed E-state index contributed by atoms with van der Waals surface area (Å²) in [7, 11) is 0. The first-order valence-electron chi connectivity index (χ1n) is 9.72. The third-order valence-corrected chi connectivity index (χ3v) is 4.56. The molecule has 29 heavy (non-hydrogen) atoms. The van der Waals surface area contributed by atoms with E-state index in [9.17, 15) is 0 Å². The lowest BCUT2D eigenvalue weighted by molar-refractivity contribution is 0.980. The molecule has 0 aliphatic carbocycles. The molecule has 0 saturated heterocycles. The largest absolute Gasteiger partial charge is 0.366 e. The van der Waals surface area contributed by atoms with E-state index in [2.05, 4.69) is 57.0 Å². The highest BCUT2D eigenvalue weighted by atomic mass is 15.1. The summed E-state index contributed by atoms with van der Waals surface area (Å²) in [6.07, 6.45) is 4.51. The summed E-state index contributed by atoms with van der Waals surface area (Å²) in [5, 5.41) is 6.77. The number of pyridine rings is 1. The zero-order chi connectivity index (χ0) is 19.7. The van der Waals surface area contributed by atoms with Crippen LogP contribution in [0.15, 0.2) is 91.3 Å². The van der Waals surface area contributed by atoms with Crippen LogP contribution >= 0.6 is 0 Å². The lowest BCUT2D eigenvalue weighted by Gasteiger charge is -2.12. The summed E-state index contributed by atoms with van der Waals surface area (Å²) in [5.41, 5.74) is 4.39. The first-order valence-corrected chi connectivity index (χ1v) is 9.72. The van der Waals surface area contributed by atoms with Crippen molar-refractivity contribution < 1.29 is 0 Å². The molecule has 2 aromatic heterocycles. The average molecular weight is 381 g/mol. The number of nitrogens with one attached hydrogen (secondary N) is 2. The summed E-state index contributed by atoms with van der Waals surface area (Å²) >= 11 is 0.